The molecule has 0 amide bonds. The zero-order chi connectivity index (χ0) is 11.8. The molecule has 1 rings (SSSR count). The largest absolute Gasteiger partial charge is 0.477 e. The first-order valence-electron chi connectivity index (χ1n) is 6.20. The number of hydrogen-bond acceptors (Lipinski definition) is 3. The molecule has 0 aromatic rings. The third kappa shape index (κ3) is 5.14. The van der Waals surface area contributed by atoms with E-state index in [1.54, 1.807) is 0 Å². The van der Waals surface area contributed by atoms with Crippen LogP contribution in [-0.2, 0) is 4.79 Å². The van der Waals surface area contributed by atoms with Crippen molar-refractivity contribution in [3.8, 4) is 0 Å². The van der Waals surface area contributed by atoms with E-state index in [1.165, 1.54) is 45.4 Å². The summed E-state index contributed by atoms with van der Waals surface area (Å²) in [6, 6.07) is 0. The molecule has 0 unspecified atom stereocenters. The van der Waals surface area contributed by atoms with Crippen molar-refractivity contribution in [3.05, 3.63) is 0 Å². The molecule has 4 heteroatoms. The second-order valence-electron chi connectivity index (χ2n) is 4.56. The quantitative estimate of drug-likeness (QED) is 0.327. The van der Waals surface area contributed by atoms with Gasteiger partial charge in [-0.25, -0.2) is 4.79 Å². The summed E-state index contributed by atoms with van der Waals surface area (Å²) >= 11 is 0. The van der Waals surface area contributed by atoms with E-state index in [0.29, 0.717) is 0 Å². The van der Waals surface area contributed by atoms with Crippen LogP contribution in [0.3, 0.4) is 0 Å². The predicted molar refractivity (Wildman–Crippen MR) is 64.6 cm³/mol. The Kier molecular flexibility index (Phi) is 5.90. The van der Waals surface area contributed by atoms with Gasteiger partial charge in [-0.15, -0.1) is 0 Å². The molecule has 0 aromatic heterocycles. The Morgan fingerprint density at radius 1 is 1.31 bits per heavy atom. The fraction of sp³-hybridized carbons (Fsp3) is 0.833. The Bertz CT molecular complexity index is 243. The lowest BCUT2D eigenvalue weighted by molar-refractivity contribution is -0.129. The second kappa shape index (κ2) is 7.25. The normalized spacial score (nSPS) is 19.2. The highest BCUT2D eigenvalue weighted by Gasteiger charge is 2.11. The molecule has 1 aliphatic carbocycles. The van der Waals surface area contributed by atoms with Crippen molar-refractivity contribution in [1.82, 2.24) is 5.43 Å². The Morgan fingerprint density at radius 2 is 1.94 bits per heavy atom. The van der Waals surface area contributed by atoms with Gasteiger partial charge in [-0.3, -0.25) is 0 Å². The van der Waals surface area contributed by atoms with Crippen LogP contribution >= 0.6 is 0 Å². The number of aliphatic carboxylic acids is 1. The Balaban J connectivity index is 2.14. The van der Waals surface area contributed by atoms with Gasteiger partial charge < -0.3 is 10.5 Å². The maximum absolute atomic E-state index is 10.5. The zero-order valence-electron chi connectivity index (χ0n) is 10.0. The van der Waals surface area contributed by atoms with Crippen LogP contribution in [-0.4, -0.2) is 23.3 Å². The van der Waals surface area contributed by atoms with Gasteiger partial charge in [0.05, 0.1) is 0 Å². The molecule has 0 heterocycles. The Hall–Kier alpha value is -1.06. The standard InChI is InChI=1S/C12H22N2O2/c1-10(12(15)16)14-13-9-8-11-6-4-2-3-5-7-11/h11,13H,2-9H2,1H3,(H,15,16). The second-order valence-corrected chi connectivity index (χ2v) is 4.56. The molecule has 0 bridgehead atoms. The van der Waals surface area contributed by atoms with Crippen LogP contribution in [0.5, 0.6) is 0 Å². The van der Waals surface area contributed by atoms with Crippen LogP contribution in [0.2, 0.25) is 0 Å². The van der Waals surface area contributed by atoms with Gasteiger partial charge in [0, 0.05) is 6.54 Å². The summed E-state index contributed by atoms with van der Waals surface area (Å²) in [6.07, 6.45) is 9.20. The number of rotatable bonds is 5. The molecule has 0 saturated heterocycles. The molecular formula is C12H22N2O2. The Labute approximate surface area is 97.1 Å². The molecule has 16 heavy (non-hydrogen) atoms. The van der Waals surface area contributed by atoms with E-state index in [-0.39, 0.29) is 5.71 Å². The van der Waals surface area contributed by atoms with Crippen LogP contribution in [0.15, 0.2) is 5.10 Å². The van der Waals surface area contributed by atoms with Gasteiger partial charge in [0.15, 0.2) is 0 Å². The third-order valence-corrected chi connectivity index (χ3v) is 3.20. The SMILES string of the molecule is CC(=NNCCC1CCCCCC1)C(=O)O. The van der Waals surface area contributed by atoms with Crippen molar-refractivity contribution in [2.75, 3.05) is 6.54 Å². The van der Waals surface area contributed by atoms with Crippen molar-refractivity contribution in [2.24, 2.45) is 11.0 Å². The van der Waals surface area contributed by atoms with Gasteiger partial charge in [-0.1, -0.05) is 38.5 Å². The van der Waals surface area contributed by atoms with E-state index in [1.807, 2.05) is 0 Å². The maximum atomic E-state index is 10.5. The predicted octanol–water partition coefficient (Wildman–Crippen LogP) is 2.40. The molecule has 0 aliphatic heterocycles. The summed E-state index contributed by atoms with van der Waals surface area (Å²) in [7, 11) is 0. The summed E-state index contributed by atoms with van der Waals surface area (Å²) in [6.45, 7) is 2.29. The molecule has 0 aromatic carbocycles. The van der Waals surface area contributed by atoms with Gasteiger partial charge in [-0.05, 0) is 19.3 Å². The van der Waals surface area contributed by atoms with E-state index in [0.717, 1.165) is 18.9 Å². The number of carboxylic acids is 1. The Morgan fingerprint density at radius 3 is 2.50 bits per heavy atom. The molecule has 92 valence electrons. The van der Waals surface area contributed by atoms with E-state index in [4.69, 9.17) is 5.11 Å². The molecule has 2 N–H and O–H groups in total. The summed E-state index contributed by atoms with van der Waals surface area (Å²) in [4.78, 5) is 10.5. The van der Waals surface area contributed by atoms with Crippen LogP contribution in [0.25, 0.3) is 0 Å². The van der Waals surface area contributed by atoms with Crippen LogP contribution in [0, 0.1) is 5.92 Å². The number of carbonyl (C=O) groups is 1. The molecule has 1 aliphatic rings. The topological polar surface area (TPSA) is 61.7 Å². The number of nitrogens with one attached hydrogen (secondary N) is 1. The highest BCUT2D eigenvalue weighted by Crippen LogP contribution is 2.24. The lowest BCUT2D eigenvalue weighted by atomic mass is 9.97. The van der Waals surface area contributed by atoms with Gasteiger partial charge in [0.2, 0.25) is 0 Å². The summed E-state index contributed by atoms with van der Waals surface area (Å²) in [5, 5.41) is 12.4. The first-order valence-corrected chi connectivity index (χ1v) is 6.20. The molecule has 1 saturated carbocycles. The average Bonchev–Trinajstić information content (AvgIpc) is 2.52. The molecular weight excluding hydrogens is 204 g/mol. The molecule has 0 spiro atoms. The highest BCUT2D eigenvalue weighted by molar-refractivity contribution is 6.34. The van der Waals surface area contributed by atoms with Crippen LogP contribution < -0.4 is 5.43 Å². The summed E-state index contributed by atoms with van der Waals surface area (Å²) in [5.41, 5.74) is 2.97. The van der Waals surface area contributed by atoms with Crippen molar-refractivity contribution in [2.45, 2.75) is 51.9 Å². The molecule has 0 radical (unpaired) electrons. The van der Waals surface area contributed by atoms with Gasteiger partial charge in [0.1, 0.15) is 5.71 Å². The number of nitrogens with zero attached hydrogens (tertiary/aromatic N) is 1. The monoisotopic (exact) mass is 226 g/mol. The lowest BCUT2D eigenvalue weighted by Crippen LogP contribution is -2.18. The molecule has 1 fully saturated rings. The number of carboxylic acid groups (broad SMARTS) is 1. The summed E-state index contributed by atoms with van der Waals surface area (Å²) < 4.78 is 0. The molecule has 4 nitrogen and oxygen atoms in total. The minimum Gasteiger partial charge on any atom is -0.477 e. The van der Waals surface area contributed by atoms with E-state index in [9.17, 15) is 4.79 Å². The van der Waals surface area contributed by atoms with E-state index < -0.39 is 5.97 Å². The van der Waals surface area contributed by atoms with Crippen molar-refractivity contribution < 1.29 is 9.90 Å². The van der Waals surface area contributed by atoms with E-state index >= 15 is 0 Å². The van der Waals surface area contributed by atoms with Crippen LogP contribution in [0.1, 0.15) is 51.9 Å². The van der Waals surface area contributed by atoms with Crippen LogP contribution in [0.4, 0.5) is 0 Å². The lowest BCUT2D eigenvalue weighted by Gasteiger charge is -2.12. The highest BCUT2D eigenvalue weighted by atomic mass is 16.4. The minimum atomic E-state index is -0.957. The first kappa shape index (κ1) is 13.0. The molecule has 0 atom stereocenters. The zero-order valence-corrected chi connectivity index (χ0v) is 10.0. The van der Waals surface area contributed by atoms with Gasteiger partial charge >= 0.3 is 5.97 Å². The summed E-state index contributed by atoms with van der Waals surface area (Å²) in [5.74, 6) is -0.155. The van der Waals surface area contributed by atoms with Gasteiger partial charge in [0.25, 0.3) is 0 Å². The van der Waals surface area contributed by atoms with E-state index in [2.05, 4.69) is 10.5 Å². The fourth-order valence-electron chi connectivity index (χ4n) is 2.14. The number of hydrazone groups is 1. The van der Waals surface area contributed by atoms with Crippen molar-refractivity contribution in [1.29, 1.82) is 0 Å². The average molecular weight is 226 g/mol. The number of hydrogen-bond donors (Lipinski definition) is 2. The first-order chi connectivity index (χ1) is 7.70. The fourth-order valence-corrected chi connectivity index (χ4v) is 2.14. The van der Waals surface area contributed by atoms with Crippen molar-refractivity contribution in [3.63, 3.8) is 0 Å². The van der Waals surface area contributed by atoms with Gasteiger partial charge in [-0.2, -0.15) is 5.10 Å². The third-order valence-electron chi connectivity index (χ3n) is 3.20. The smallest absolute Gasteiger partial charge is 0.351 e. The minimum absolute atomic E-state index is 0.126. The van der Waals surface area contributed by atoms with Crippen molar-refractivity contribution >= 4 is 11.7 Å². The maximum Gasteiger partial charge on any atom is 0.351 e.